The molecule has 2 aromatic rings. The molecule has 0 unspecified atom stereocenters. The SMILES string of the molecule is O=S(=O)(NCc1sccc1Br)c1ccc(CO)cn1. The van der Waals surface area contributed by atoms with E-state index in [0.717, 1.165) is 9.35 Å². The predicted molar refractivity (Wildman–Crippen MR) is 76.2 cm³/mol. The summed E-state index contributed by atoms with van der Waals surface area (Å²) in [5.41, 5.74) is 0.569. The van der Waals surface area contributed by atoms with Gasteiger partial charge in [-0.05, 0) is 39.0 Å². The van der Waals surface area contributed by atoms with Gasteiger partial charge in [0.2, 0.25) is 0 Å². The van der Waals surface area contributed by atoms with Gasteiger partial charge in [0.05, 0.1) is 6.61 Å². The van der Waals surface area contributed by atoms with Gasteiger partial charge >= 0.3 is 0 Å². The van der Waals surface area contributed by atoms with Gasteiger partial charge in [0.25, 0.3) is 10.0 Å². The summed E-state index contributed by atoms with van der Waals surface area (Å²) in [7, 11) is -3.64. The fraction of sp³-hybridized carbons (Fsp3) is 0.182. The molecule has 2 heterocycles. The zero-order valence-corrected chi connectivity index (χ0v) is 12.9. The maximum absolute atomic E-state index is 12.0. The third-order valence-corrected chi connectivity index (χ3v) is 5.61. The summed E-state index contributed by atoms with van der Waals surface area (Å²) < 4.78 is 27.3. The third kappa shape index (κ3) is 3.61. The Balaban J connectivity index is 2.11. The molecule has 2 N–H and O–H groups in total. The molecule has 2 rings (SSSR count). The minimum Gasteiger partial charge on any atom is -0.392 e. The number of halogens is 1. The van der Waals surface area contributed by atoms with E-state index in [2.05, 4.69) is 25.6 Å². The molecule has 102 valence electrons. The second kappa shape index (κ2) is 6.10. The summed E-state index contributed by atoms with van der Waals surface area (Å²) in [5.74, 6) is 0. The number of aliphatic hydroxyl groups is 1. The molecular weight excluding hydrogens is 352 g/mol. The monoisotopic (exact) mass is 362 g/mol. The van der Waals surface area contributed by atoms with Crippen molar-refractivity contribution in [1.82, 2.24) is 9.71 Å². The van der Waals surface area contributed by atoms with E-state index in [9.17, 15) is 8.42 Å². The number of pyridine rings is 1. The van der Waals surface area contributed by atoms with Crippen LogP contribution in [0.2, 0.25) is 0 Å². The van der Waals surface area contributed by atoms with Gasteiger partial charge in [-0.2, -0.15) is 0 Å². The lowest BCUT2D eigenvalue weighted by atomic mass is 10.3. The molecule has 0 fully saturated rings. The van der Waals surface area contributed by atoms with E-state index < -0.39 is 10.0 Å². The van der Waals surface area contributed by atoms with Crippen LogP contribution in [0, 0.1) is 0 Å². The molecule has 8 heteroatoms. The van der Waals surface area contributed by atoms with E-state index in [4.69, 9.17) is 5.11 Å². The molecule has 0 aliphatic heterocycles. The first kappa shape index (κ1) is 14.6. The molecule has 5 nitrogen and oxygen atoms in total. The lowest BCUT2D eigenvalue weighted by molar-refractivity contribution is 0.281. The smallest absolute Gasteiger partial charge is 0.258 e. The molecule has 0 aliphatic rings. The van der Waals surface area contributed by atoms with Crippen LogP contribution in [-0.4, -0.2) is 18.5 Å². The topological polar surface area (TPSA) is 79.3 Å². The molecule has 0 saturated heterocycles. The molecule has 19 heavy (non-hydrogen) atoms. The highest BCUT2D eigenvalue weighted by atomic mass is 79.9. The van der Waals surface area contributed by atoms with Crippen molar-refractivity contribution >= 4 is 37.3 Å². The third-order valence-electron chi connectivity index (χ3n) is 2.37. The Kier molecular flexibility index (Phi) is 4.69. The van der Waals surface area contributed by atoms with E-state index in [1.807, 2.05) is 11.4 Å². The van der Waals surface area contributed by atoms with E-state index in [-0.39, 0.29) is 18.2 Å². The summed E-state index contributed by atoms with van der Waals surface area (Å²) in [6.07, 6.45) is 1.34. The number of hydrogen-bond donors (Lipinski definition) is 2. The average Bonchev–Trinajstić information content (AvgIpc) is 2.82. The number of sulfonamides is 1. The quantitative estimate of drug-likeness (QED) is 0.850. The highest BCUT2D eigenvalue weighted by Gasteiger charge is 2.16. The van der Waals surface area contributed by atoms with Crippen molar-refractivity contribution in [2.45, 2.75) is 18.2 Å². The number of nitrogens with zero attached hydrogens (tertiary/aromatic N) is 1. The zero-order chi connectivity index (χ0) is 13.9. The second-order valence-corrected chi connectivity index (χ2v) is 7.25. The molecule has 0 bridgehead atoms. The lowest BCUT2D eigenvalue weighted by Crippen LogP contribution is -2.23. The molecule has 0 amide bonds. The van der Waals surface area contributed by atoms with Crippen molar-refractivity contribution in [1.29, 1.82) is 0 Å². The first-order chi connectivity index (χ1) is 9.03. The summed E-state index contributed by atoms with van der Waals surface area (Å²) >= 11 is 4.81. The molecule has 0 atom stereocenters. The van der Waals surface area contributed by atoms with Gasteiger partial charge in [0.1, 0.15) is 0 Å². The first-order valence-corrected chi connectivity index (χ1v) is 8.46. The summed E-state index contributed by atoms with van der Waals surface area (Å²) in [5, 5.41) is 10.7. The molecular formula is C11H11BrN2O3S2. The second-order valence-electron chi connectivity index (χ2n) is 3.68. The fourth-order valence-electron chi connectivity index (χ4n) is 1.35. The van der Waals surface area contributed by atoms with E-state index in [1.54, 1.807) is 0 Å². The fourth-order valence-corrected chi connectivity index (χ4v) is 3.79. The van der Waals surface area contributed by atoms with Crippen LogP contribution in [0.1, 0.15) is 10.4 Å². The number of aliphatic hydroxyl groups excluding tert-OH is 1. The van der Waals surface area contributed by atoms with Crippen molar-refractivity contribution < 1.29 is 13.5 Å². The van der Waals surface area contributed by atoms with Crippen molar-refractivity contribution in [3.63, 3.8) is 0 Å². The number of aromatic nitrogens is 1. The zero-order valence-electron chi connectivity index (χ0n) is 9.71. The Morgan fingerprint density at radius 3 is 2.68 bits per heavy atom. The van der Waals surface area contributed by atoms with E-state index >= 15 is 0 Å². The van der Waals surface area contributed by atoms with Gasteiger partial charge in [-0.3, -0.25) is 0 Å². The number of nitrogens with one attached hydrogen (secondary N) is 1. The van der Waals surface area contributed by atoms with Crippen molar-refractivity contribution in [3.8, 4) is 0 Å². The van der Waals surface area contributed by atoms with E-state index in [0.29, 0.717) is 5.56 Å². The molecule has 2 aromatic heterocycles. The van der Waals surface area contributed by atoms with Gasteiger partial charge in [-0.15, -0.1) is 11.3 Å². The van der Waals surface area contributed by atoms with Crippen LogP contribution >= 0.6 is 27.3 Å². The van der Waals surface area contributed by atoms with Crippen LogP contribution in [0.15, 0.2) is 39.3 Å². The highest BCUT2D eigenvalue weighted by molar-refractivity contribution is 9.10. The van der Waals surface area contributed by atoms with Gasteiger partial charge < -0.3 is 5.11 Å². The molecule has 0 aliphatic carbocycles. The molecule has 0 aromatic carbocycles. The summed E-state index contributed by atoms with van der Waals surface area (Å²) in [6.45, 7) is 0.0485. The number of rotatable bonds is 5. The van der Waals surface area contributed by atoms with Gasteiger partial charge in [-0.25, -0.2) is 18.1 Å². The number of thiophene rings is 1. The van der Waals surface area contributed by atoms with Gasteiger partial charge in [-0.1, -0.05) is 6.07 Å². The molecule has 0 saturated carbocycles. The maximum Gasteiger partial charge on any atom is 0.258 e. The van der Waals surface area contributed by atoms with Crippen molar-refractivity contribution in [3.05, 3.63) is 44.7 Å². The van der Waals surface area contributed by atoms with Gasteiger partial charge in [0.15, 0.2) is 5.03 Å². The van der Waals surface area contributed by atoms with Crippen LogP contribution in [-0.2, 0) is 23.2 Å². The maximum atomic E-state index is 12.0. The Morgan fingerprint density at radius 2 is 2.16 bits per heavy atom. The van der Waals surface area contributed by atoms with Crippen molar-refractivity contribution in [2.24, 2.45) is 0 Å². The van der Waals surface area contributed by atoms with Crippen LogP contribution in [0.3, 0.4) is 0 Å². The van der Waals surface area contributed by atoms with Gasteiger partial charge in [0, 0.05) is 22.1 Å². The highest BCUT2D eigenvalue weighted by Crippen LogP contribution is 2.22. The van der Waals surface area contributed by atoms with Crippen molar-refractivity contribution in [2.75, 3.05) is 0 Å². The summed E-state index contributed by atoms with van der Waals surface area (Å²) in [6, 6.07) is 4.77. The van der Waals surface area contributed by atoms with E-state index in [1.165, 1.54) is 29.7 Å². The van der Waals surface area contributed by atoms with Crippen LogP contribution in [0.4, 0.5) is 0 Å². The summed E-state index contributed by atoms with van der Waals surface area (Å²) in [4.78, 5) is 4.72. The Labute approximate surface area is 123 Å². The predicted octanol–water partition coefficient (Wildman–Crippen LogP) is 1.88. The first-order valence-electron chi connectivity index (χ1n) is 5.30. The van der Waals surface area contributed by atoms with Crippen LogP contribution < -0.4 is 4.72 Å². The minimum absolute atomic E-state index is 0.0580. The number of hydrogen-bond acceptors (Lipinski definition) is 5. The molecule has 0 spiro atoms. The Morgan fingerprint density at radius 1 is 1.37 bits per heavy atom. The Bertz CT molecular complexity index is 653. The van der Waals surface area contributed by atoms with Crippen LogP contribution in [0.5, 0.6) is 0 Å². The lowest BCUT2D eigenvalue weighted by Gasteiger charge is -2.05. The minimum atomic E-state index is -3.64. The standard InChI is InChI=1S/C11H11BrN2O3S2/c12-9-3-4-18-10(9)6-14-19(16,17)11-2-1-8(7-15)5-13-11/h1-5,14-15H,6-7H2. The Hall–Kier alpha value is -0.800. The molecule has 0 radical (unpaired) electrons. The normalized spacial score (nSPS) is 11.7. The van der Waals surface area contributed by atoms with Crippen LogP contribution in [0.25, 0.3) is 0 Å². The average molecular weight is 363 g/mol. The largest absolute Gasteiger partial charge is 0.392 e.